The first kappa shape index (κ1) is 18.4. The van der Waals surface area contributed by atoms with Crippen molar-refractivity contribution in [3.8, 4) is 11.5 Å². The lowest BCUT2D eigenvalue weighted by Crippen LogP contribution is -2.34. The number of esters is 1. The molecule has 25 heavy (non-hydrogen) atoms. The van der Waals surface area contributed by atoms with E-state index in [1.807, 2.05) is 13.8 Å². The Morgan fingerprint density at radius 1 is 1.16 bits per heavy atom. The number of carbonyl (C=O) groups is 3. The van der Waals surface area contributed by atoms with Crippen LogP contribution in [0.3, 0.4) is 0 Å². The van der Waals surface area contributed by atoms with Crippen LogP contribution >= 0.6 is 0 Å². The topological polar surface area (TPSA) is 78.9 Å². The molecule has 6 heteroatoms. The first-order valence-corrected chi connectivity index (χ1v) is 8.01. The molecule has 0 saturated heterocycles. The Morgan fingerprint density at radius 3 is 2.48 bits per heavy atom. The standard InChI is InChI=1S/C19H20O6/c1-4-23-16-9-7-13(11-17(16)24-5-2)6-8-14(20)18-15(21)10-12(3)25-19(18)22/h6-11,18H,4-5H2,1-3H3/b8-6+. The number of hydrogen-bond donors (Lipinski definition) is 0. The van der Waals surface area contributed by atoms with Crippen molar-refractivity contribution in [3.05, 3.63) is 41.7 Å². The normalized spacial score (nSPS) is 17.2. The summed E-state index contributed by atoms with van der Waals surface area (Å²) < 4.78 is 15.8. The lowest BCUT2D eigenvalue weighted by atomic mass is 9.96. The average Bonchev–Trinajstić information content (AvgIpc) is 2.54. The molecule has 0 bridgehead atoms. The van der Waals surface area contributed by atoms with Crippen LogP contribution in [0.1, 0.15) is 26.3 Å². The van der Waals surface area contributed by atoms with E-state index in [-0.39, 0.29) is 5.76 Å². The number of ether oxygens (including phenoxy) is 3. The maximum Gasteiger partial charge on any atom is 0.329 e. The lowest BCUT2D eigenvalue weighted by molar-refractivity contribution is -0.151. The van der Waals surface area contributed by atoms with E-state index in [2.05, 4.69) is 0 Å². The van der Waals surface area contributed by atoms with Crippen molar-refractivity contribution in [2.45, 2.75) is 20.8 Å². The van der Waals surface area contributed by atoms with Crippen molar-refractivity contribution < 1.29 is 28.6 Å². The van der Waals surface area contributed by atoms with E-state index >= 15 is 0 Å². The first-order chi connectivity index (χ1) is 12.0. The van der Waals surface area contributed by atoms with Gasteiger partial charge in [0.15, 0.2) is 29.0 Å². The third-order valence-corrected chi connectivity index (χ3v) is 3.42. The molecule has 1 unspecified atom stereocenters. The van der Waals surface area contributed by atoms with Crippen LogP contribution < -0.4 is 9.47 Å². The van der Waals surface area contributed by atoms with E-state index in [0.717, 1.165) is 6.08 Å². The minimum atomic E-state index is -1.44. The molecule has 0 radical (unpaired) electrons. The van der Waals surface area contributed by atoms with Crippen molar-refractivity contribution >= 4 is 23.6 Å². The van der Waals surface area contributed by atoms with E-state index in [0.29, 0.717) is 30.3 Å². The summed E-state index contributed by atoms with van der Waals surface area (Å²) in [6.07, 6.45) is 3.87. The van der Waals surface area contributed by atoms with Crippen molar-refractivity contribution in [2.24, 2.45) is 5.92 Å². The second-order valence-corrected chi connectivity index (χ2v) is 5.32. The predicted octanol–water partition coefficient (Wildman–Crippen LogP) is 2.71. The molecule has 1 heterocycles. The van der Waals surface area contributed by atoms with E-state index in [1.165, 1.54) is 19.1 Å². The monoisotopic (exact) mass is 344 g/mol. The van der Waals surface area contributed by atoms with Crippen molar-refractivity contribution in [2.75, 3.05) is 13.2 Å². The SMILES string of the molecule is CCOc1ccc(/C=C/C(=O)C2C(=O)C=C(C)OC2=O)cc1OCC. The highest BCUT2D eigenvalue weighted by Crippen LogP contribution is 2.29. The van der Waals surface area contributed by atoms with Gasteiger partial charge in [0.1, 0.15) is 5.76 Å². The number of rotatable bonds is 7. The van der Waals surface area contributed by atoms with Crippen LogP contribution in [-0.2, 0) is 19.1 Å². The Labute approximate surface area is 146 Å². The summed E-state index contributed by atoms with van der Waals surface area (Å²) in [7, 11) is 0. The molecule has 0 amide bonds. The minimum absolute atomic E-state index is 0.191. The molecule has 0 saturated carbocycles. The van der Waals surface area contributed by atoms with Crippen molar-refractivity contribution in [1.82, 2.24) is 0 Å². The summed E-state index contributed by atoms with van der Waals surface area (Å²) in [5.41, 5.74) is 0.684. The summed E-state index contributed by atoms with van der Waals surface area (Å²) in [5.74, 6) is -2.10. The molecule has 1 aliphatic rings. The van der Waals surface area contributed by atoms with Gasteiger partial charge in [-0.1, -0.05) is 12.1 Å². The molecule has 1 aromatic rings. The summed E-state index contributed by atoms with van der Waals surface area (Å²) in [6.45, 7) is 6.20. The molecule has 0 aliphatic carbocycles. The molecular formula is C19H20O6. The van der Waals surface area contributed by atoms with Crippen LogP contribution in [0.5, 0.6) is 11.5 Å². The molecule has 0 fully saturated rings. The number of hydrogen-bond acceptors (Lipinski definition) is 6. The summed E-state index contributed by atoms with van der Waals surface area (Å²) in [4.78, 5) is 35.8. The molecule has 1 atom stereocenters. The highest BCUT2D eigenvalue weighted by Gasteiger charge is 2.36. The van der Waals surface area contributed by atoms with Crippen molar-refractivity contribution in [3.63, 3.8) is 0 Å². The number of benzene rings is 1. The second kappa shape index (κ2) is 8.28. The van der Waals surface area contributed by atoms with Gasteiger partial charge >= 0.3 is 5.97 Å². The van der Waals surface area contributed by atoms with Crippen LogP contribution in [0, 0.1) is 5.92 Å². The maximum absolute atomic E-state index is 12.2. The van der Waals surface area contributed by atoms with Gasteiger partial charge < -0.3 is 14.2 Å². The zero-order valence-corrected chi connectivity index (χ0v) is 14.4. The second-order valence-electron chi connectivity index (χ2n) is 5.32. The molecule has 6 nitrogen and oxygen atoms in total. The van der Waals surface area contributed by atoms with Crippen LogP contribution in [0.25, 0.3) is 6.08 Å². The van der Waals surface area contributed by atoms with Gasteiger partial charge in [0.05, 0.1) is 13.2 Å². The van der Waals surface area contributed by atoms with Crippen LogP contribution in [0.4, 0.5) is 0 Å². The van der Waals surface area contributed by atoms with E-state index < -0.39 is 23.5 Å². The summed E-state index contributed by atoms with van der Waals surface area (Å²) >= 11 is 0. The predicted molar refractivity (Wildman–Crippen MR) is 91.2 cm³/mol. The molecule has 1 aliphatic heterocycles. The Bertz CT molecular complexity index is 744. The molecule has 132 valence electrons. The summed E-state index contributed by atoms with van der Waals surface area (Å²) in [6, 6.07) is 5.22. The zero-order valence-electron chi connectivity index (χ0n) is 14.4. The Hall–Kier alpha value is -2.89. The van der Waals surface area contributed by atoms with E-state index in [4.69, 9.17) is 14.2 Å². The molecule has 0 aromatic heterocycles. The Morgan fingerprint density at radius 2 is 1.84 bits per heavy atom. The molecule has 2 rings (SSSR count). The zero-order chi connectivity index (χ0) is 18.4. The molecule has 1 aromatic carbocycles. The number of carbonyl (C=O) groups excluding carboxylic acids is 3. The quantitative estimate of drug-likeness (QED) is 0.430. The fourth-order valence-electron chi connectivity index (χ4n) is 2.35. The van der Waals surface area contributed by atoms with Crippen LogP contribution in [0.2, 0.25) is 0 Å². The lowest BCUT2D eigenvalue weighted by Gasteiger charge is -2.15. The maximum atomic E-state index is 12.2. The number of ketones is 2. The third-order valence-electron chi connectivity index (χ3n) is 3.42. The fourth-order valence-corrected chi connectivity index (χ4v) is 2.35. The highest BCUT2D eigenvalue weighted by atomic mass is 16.5. The Balaban J connectivity index is 2.18. The van der Waals surface area contributed by atoms with Gasteiger partial charge in [-0.15, -0.1) is 0 Å². The molecular weight excluding hydrogens is 324 g/mol. The average molecular weight is 344 g/mol. The minimum Gasteiger partial charge on any atom is -0.490 e. The van der Waals surface area contributed by atoms with Crippen LogP contribution in [0.15, 0.2) is 36.1 Å². The fraction of sp³-hybridized carbons (Fsp3) is 0.316. The first-order valence-electron chi connectivity index (χ1n) is 8.01. The van der Waals surface area contributed by atoms with Gasteiger partial charge in [-0.05, 0) is 44.5 Å². The van der Waals surface area contributed by atoms with Gasteiger partial charge in [-0.3, -0.25) is 14.4 Å². The number of allylic oxidation sites excluding steroid dienone is 3. The van der Waals surface area contributed by atoms with Gasteiger partial charge in [0.25, 0.3) is 0 Å². The van der Waals surface area contributed by atoms with E-state index in [9.17, 15) is 14.4 Å². The number of cyclic esters (lactones) is 1. The molecule has 0 N–H and O–H groups in total. The Kier molecular flexibility index (Phi) is 6.11. The third kappa shape index (κ3) is 4.56. The smallest absolute Gasteiger partial charge is 0.329 e. The highest BCUT2D eigenvalue weighted by molar-refractivity contribution is 6.25. The van der Waals surface area contributed by atoms with Crippen molar-refractivity contribution in [1.29, 1.82) is 0 Å². The van der Waals surface area contributed by atoms with Gasteiger partial charge in [-0.2, -0.15) is 0 Å². The largest absolute Gasteiger partial charge is 0.490 e. The van der Waals surface area contributed by atoms with Gasteiger partial charge in [0.2, 0.25) is 0 Å². The molecule has 0 spiro atoms. The van der Waals surface area contributed by atoms with Gasteiger partial charge in [0, 0.05) is 6.08 Å². The van der Waals surface area contributed by atoms with Gasteiger partial charge in [-0.25, -0.2) is 0 Å². The summed E-state index contributed by atoms with van der Waals surface area (Å²) in [5, 5.41) is 0. The van der Waals surface area contributed by atoms with Crippen LogP contribution in [-0.4, -0.2) is 30.7 Å². The van der Waals surface area contributed by atoms with E-state index in [1.54, 1.807) is 18.2 Å².